The maximum atomic E-state index is 12.9. The van der Waals surface area contributed by atoms with Gasteiger partial charge in [0.25, 0.3) is 0 Å². The lowest BCUT2D eigenvalue weighted by Crippen LogP contribution is -2.69. The van der Waals surface area contributed by atoms with Crippen LogP contribution in [0.4, 0.5) is 9.59 Å². The van der Waals surface area contributed by atoms with Gasteiger partial charge in [0.05, 0.1) is 0 Å². The molecule has 168 valence electrons. The smallest absolute Gasteiger partial charge is 0.458 e. The highest BCUT2D eigenvalue weighted by atomic mass is 28.4. The molecule has 0 heterocycles. The minimum Gasteiger partial charge on any atom is -0.487 e. The maximum Gasteiger partial charge on any atom is 0.458 e. The fraction of sp³-hybridized carbons (Fsp3) is 0.0370. The number of ether oxygens (including phenoxy) is 1. The van der Waals surface area contributed by atoms with Gasteiger partial charge in [-0.25, -0.2) is 9.59 Å². The molecule has 0 fully saturated rings. The summed E-state index contributed by atoms with van der Waals surface area (Å²) < 4.78 is 11.3. The second-order valence-electron chi connectivity index (χ2n) is 7.53. The molecule has 0 unspecified atom stereocenters. The maximum absolute atomic E-state index is 12.9. The summed E-state index contributed by atoms with van der Waals surface area (Å²) in [6.07, 6.45) is -1.98. The van der Waals surface area contributed by atoms with Gasteiger partial charge in [0.1, 0.15) is 5.75 Å². The van der Waals surface area contributed by atoms with Crippen LogP contribution in [0.1, 0.15) is 5.56 Å². The molecular formula is C27H22N2O4Si. The summed E-state index contributed by atoms with van der Waals surface area (Å²) >= 11 is 0. The molecule has 4 aromatic rings. The lowest BCUT2D eigenvalue weighted by Gasteiger charge is -2.31. The Bertz CT molecular complexity index is 1180. The van der Waals surface area contributed by atoms with E-state index in [0.29, 0.717) is 5.75 Å². The first-order chi connectivity index (χ1) is 16.6. The summed E-state index contributed by atoms with van der Waals surface area (Å²) in [6.45, 7) is 1.92. The average Bonchev–Trinajstić information content (AvgIpc) is 2.89. The van der Waals surface area contributed by atoms with Gasteiger partial charge in [0.2, 0.25) is 0 Å². The molecule has 7 heteroatoms. The predicted molar refractivity (Wildman–Crippen MR) is 133 cm³/mol. The number of benzene rings is 4. The van der Waals surface area contributed by atoms with E-state index in [-0.39, 0.29) is 0 Å². The van der Waals surface area contributed by atoms with Crippen molar-refractivity contribution in [2.75, 3.05) is 0 Å². The second-order valence-corrected chi connectivity index (χ2v) is 10.8. The monoisotopic (exact) mass is 466 g/mol. The molecule has 0 aliphatic heterocycles. The van der Waals surface area contributed by atoms with Crippen LogP contribution in [0.2, 0.25) is 0 Å². The van der Waals surface area contributed by atoms with Crippen LogP contribution in [0.5, 0.6) is 5.75 Å². The van der Waals surface area contributed by atoms with E-state index in [1.54, 1.807) is 24.3 Å². The third kappa shape index (κ3) is 5.16. The van der Waals surface area contributed by atoms with E-state index in [1.807, 2.05) is 97.9 Å². The zero-order valence-corrected chi connectivity index (χ0v) is 19.5. The van der Waals surface area contributed by atoms with E-state index in [9.17, 15) is 9.59 Å². The average molecular weight is 467 g/mol. The number of azo groups is 1. The molecule has 0 atom stereocenters. The summed E-state index contributed by atoms with van der Waals surface area (Å²) in [6, 6.07) is 35.6. The Labute approximate surface area is 198 Å². The van der Waals surface area contributed by atoms with Gasteiger partial charge < -0.3 is 9.16 Å². The van der Waals surface area contributed by atoms with Gasteiger partial charge >= 0.3 is 20.5 Å². The largest absolute Gasteiger partial charge is 0.487 e. The lowest BCUT2D eigenvalue weighted by molar-refractivity contribution is 0.200. The van der Waals surface area contributed by atoms with Gasteiger partial charge in [0, 0.05) is 0 Å². The molecule has 0 saturated heterocycles. The highest BCUT2D eigenvalue weighted by molar-refractivity contribution is 7.07. The van der Waals surface area contributed by atoms with Crippen molar-refractivity contribution in [1.82, 2.24) is 0 Å². The van der Waals surface area contributed by atoms with Gasteiger partial charge in [0.15, 0.2) is 0 Å². The van der Waals surface area contributed by atoms with Gasteiger partial charge in [-0.2, -0.15) is 0 Å². The fourth-order valence-electron chi connectivity index (χ4n) is 3.66. The standard InChI is InChI=1S/C27H22N2O4Si/c1-21-17-19-22(20-18-21)32-26(30)28-29-27(31)33-34(23-11-5-2-6-12-23,24-13-7-3-8-14-24)25-15-9-4-10-16-25/h2-20H,1H3. The summed E-state index contributed by atoms with van der Waals surface area (Å²) in [5.41, 5.74) is 1.02. The van der Waals surface area contributed by atoms with Crippen molar-refractivity contribution in [2.45, 2.75) is 6.92 Å². The Hall–Kier alpha value is -4.36. The molecular weight excluding hydrogens is 444 g/mol. The third-order valence-corrected chi connectivity index (χ3v) is 9.14. The molecule has 0 bridgehead atoms. The SMILES string of the molecule is Cc1ccc(OC(=O)N=NC(=O)O[Si](c2ccccc2)(c2ccccc2)c2ccccc2)cc1. The summed E-state index contributed by atoms with van der Waals surface area (Å²) in [5.74, 6) is 0.310. The van der Waals surface area contributed by atoms with Gasteiger partial charge in [-0.1, -0.05) is 119 Å². The van der Waals surface area contributed by atoms with Crippen LogP contribution in [0.25, 0.3) is 0 Å². The summed E-state index contributed by atoms with van der Waals surface area (Å²) in [4.78, 5) is 25.0. The first-order valence-electron chi connectivity index (χ1n) is 10.7. The first-order valence-corrected chi connectivity index (χ1v) is 12.6. The number of hydrogen-bond acceptors (Lipinski definition) is 4. The van der Waals surface area contributed by atoms with Crippen LogP contribution in [-0.4, -0.2) is 20.5 Å². The van der Waals surface area contributed by atoms with Crippen LogP contribution in [0.15, 0.2) is 125 Å². The topological polar surface area (TPSA) is 77.3 Å². The lowest BCUT2D eigenvalue weighted by atomic mass is 10.2. The highest BCUT2D eigenvalue weighted by Gasteiger charge is 2.45. The molecule has 0 N–H and O–H groups in total. The molecule has 0 aromatic heterocycles. The Morgan fingerprint density at radius 2 is 1.00 bits per heavy atom. The van der Waals surface area contributed by atoms with E-state index in [2.05, 4.69) is 10.2 Å². The van der Waals surface area contributed by atoms with Crippen molar-refractivity contribution in [1.29, 1.82) is 0 Å². The summed E-state index contributed by atoms with van der Waals surface area (Å²) in [5, 5.41) is 9.52. The van der Waals surface area contributed by atoms with Crippen LogP contribution in [-0.2, 0) is 4.43 Å². The minimum absolute atomic E-state index is 0.310. The number of carbonyl (C=O) groups excluding carboxylic acids is 2. The van der Waals surface area contributed by atoms with Crippen LogP contribution >= 0.6 is 0 Å². The normalized spacial score (nSPS) is 11.2. The zero-order valence-electron chi connectivity index (χ0n) is 18.5. The van der Waals surface area contributed by atoms with E-state index in [4.69, 9.17) is 9.16 Å². The van der Waals surface area contributed by atoms with E-state index in [1.165, 1.54) is 0 Å². The van der Waals surface area contributed by atoms with E-state index in [0.717, 1.165) is 21.1 Å². The van der Waals surface area contributed by atoms with Crippen molar-refractivity contribution >= 4 is 36.1 Å². The molecule has 0 aliphatic carbocycles. The van der Waals surface area contributed by atoms with Crippen LogP contribution in [0.3, 0.4) is 0 Å². The Morgan fingerprint density at radius 3 is 1.44 bits per heavy atom. The Kier molecular flexibility index (Phi) is 7.05. The van der Waals surface area contributed by atoms with Crippen molar-refractivity contribution < 1.29 is 18.8 Å². The quantitative estimate of drug-likeness (QED) is 0.242. The van der Waals surface area contributed by atoms with Crippen molar-refractivity contribution in [3.05, 3.63) is 121 Å². The van der Waals surface area contributed by atoms with Gasteiger partial charge in [-0.05, 0) is 34.6 Å². The van der Waals surface area contributed by atoms with E-state index < -0.39 is 20.5 Å². The number of amides is 2. The molecule has 0 spiro atoms. The van der Waals surface area contributed by atoms with Crippen LogP contribution < -0.4 is 20.3 Å². The molecule has 4 rings (SSSR count). The Morgan fingerprint density at radius 1 is 0.588 bits per heavy atom. The number of rotatable bonds is 5. The number of aryl methyl sites for hydroxylation is 1. The third-order valence-electron chi connectivity index (χ3n) is 5.22. The minimum atomic E-state index is -3.29. The molecule has 6 nitrogen and oxygen atoms in total. The van der Waals surface area contributed by atoms with Crippen molar-refractivity contribution in [2.24, 2.45) is 10.2 Å². The number of carbonyl (C=O) groups is 2. The van der Waals surface area contributed by atoms with Gasteiger partial charge in [-0.15, -0.1) is 0 Å². The van der Waals surface area contributed by atoms with E-state index >= 15 is 0 Å². The Balaban J connectivity index is 1.67. The molecule has 2 amide bonds. The number of hydrogen-bond donors (Lipinski definition) is 0. The highest BCUT2D eigenvalue weighted by Crippen LogP contribution is 2.13. The molecule has 0 saturated carbocycles. The van der Waals surface area contributed by atoms with Crippen LogP contribution in [0, 0.1) is 6.92 Å². The van der Waals surface area contributed by atoms with Crippen molar-refractivity contribution in [3.63, 3.8) is 0 Å². The fourth-order valence-corrected chi connectivity index (χ4v) is 7.30. The molecule has 4 aromatic carbocycles. The molecule has 0 aliphatic rings. The zero-order chi connectivity index (χ0) is 23.8. The van der Waals surface area contributed by atoms with Gasteiger partial charge in [-0.3, -0.25) is 0 Å². The summed E-state index contributed by atoms with van der Waals surface area (Å²) in [7, 11) is -3.29. The first kappa shape index (κ1) is 22.8. The van der Waals surface area contributed by atoms with Crippen molar-refractivity contribution in [3.8, 4) is 5.75 Å². The molecule has 0 radical (unpaired) electrons. The molecule has 34 heavy (non-hydrogen) atoms. The second kappa shape index (κ2) is 10.5. The number of nitrogens with zero attached hydrogens (tertiary/aromatic N) is 2. The predicted octanol–water partition coefficient (Wildman–Crippen LogP) is 4.75.